The monoisotopic (exact) mass is 308 g/mol. The van der Waals surface area contributed by atoms with Crippen LogP contribution in [0.15, 0.2) is 0 Å². The number of nitrogens with one attached hydrogen (secondary N) is 1. The van der Waals surface area contributed by atoms with Gasteiger partial charge in [-0.25, -0.2) is 0 Å². The minimum Gasteiger partial charge on any atom is -0.316 e. The van der Waals surface area contributed by atoms with Crippen LogP contribution in [-0.2, 0) is 0 Å². The summed E-state index contributed by atoms with van der Waals surface area (Å²) in [6.45, 7) is 9.96. The van der Waals surface area contributed by atoms with Crippen LogP contribution in [0, 0.1) is 5.41 Å². The first kappa shape index (κ1) is 18.3. The minimum absolute atomic E-state index is 0.700. The van der Waals surface area contributed by atoms with E-state index in [1.165, 1.54) is 103 Å². The second kappa shape index (κ2) is 9.93. The zero-order valence-corrected chi connectivity index (χ0v) is 15.3. The summed E-state index contributed by atoms with van der Waals surface area (Å²) in [5.74, 6) is 0. The van der Waals surface area contributed by atoms with E-state index in [2.05, 4.69) is 24.1 Å². The SMILES string of the molecule is CCCCCCCC(CCCCC)N1CCC2(CC1)CNC2. The van der Waals surface area contributed by atoms with Gasteiger partial charge in [0.25, 0.3) is 0 Å². The minimum atomic E-state index is 0.700. The molecule has 1 atom stereocenters. The Hall–Kier alpha value is -0.0800. The molecule has 0 aromatic heterocycles. The fraction of sp³-hybridized carbons (Fsp3) is 1.00. The lowest BCUT2D eigenvalue weighted by Crippen LogP contribution is -2.59. The van der Waals surface area contributed by atoms with Gasteiger partial charge in [0, 0.05) is 19.1 Å². The molecule has 0 aromatic rings. The fourth-order valence-corrected chi connectivity index (χ4v) is 4.32. The van der Waals surface area contributed by atoms with Crippen LogP contribution in [0.2, 0.25) is 0 Å². The second-order valence-corrected chi connectivity index (χ2v) is 7.99. The Kier molecular flexibility index (Phi) is 8.24. The summed E-state index contributed by atoms with van der Waals surface area (Å²) in [6.07, 6.45) is 17.2. The third-order valence-electron chi connectivity index (χ3n) is 6.16. The number of unbranched alkanes of at least 4 members (excludes halogenated alkanes) is 6. The Bertz CT molecular complexity index is 275. The molecule has 0 bridgehead atoms. The summed E-state index contributed by atoms with van der Waals surface area (Å²) in [5, 5.41) is 3.49. The molecule has 2 nitrogen and oxygen atoms in total. The van der Waals surface area contributed by atoms with Gasteiger partial charge in [0.15, 0.2) is 0 Å². The van der Waals surface area contributed by atoms with Gasteiger partial charge in [-0.15, -0.1) is 0 Å². The molecule has 1 N–H and O–H groups in total. The van der Waals surface area contributed by atoms with E-state index < -0.39 is 0 Å². The first-order valence-electron chi connectivity index (χ1n) is 10.2. The number of rotatable bonds is 11. The van der Waals surface area contributed by atoms with Crippen LogP contribution in [-0.4, -0.2) is 37.1 Å². The summed E-state index contributed by atoms with van der Waals surface area (Å²) < 4.78 is 0. The van der Waals surface area contributed by atoms with E-state index in [0.29, 0.717) is 5.41 Å². The highest BCUT2D eigenvalue weighted by molar-refractivity contribution is 4.96. The first-order chi connectivity index (χ1) is 10.8. The quantitative estimate of drug-likeness (QED) is 0.541. The Morgan fingerprint density at radius 1 is 0.818 bits per heavy atom. The number of likely N-dealkylation sites (tertiary alicyclic amines) is 1. The van der Waals surface area contributed by atoms with Crippen LogP contribution >= 0.6 is 0 Å². The van der Waals surface area contributed by atoms with E-state index in [-0.39, 0.29) is 0 Å². The van der Waals surface area contributed by atoms with Crippen LogP contribution in [0.3, 0.4) is 0 Å². The molecule has 0 radical (unpaired) electrons. The van der Waals surface area contributed by atoms with Crippen LogP contribution in [0.5, 0.6) is 0 Å². The molecule has 2 aliphatic rings. The average Bonchev–Trinajstić information content (AvgIpc) is 2.52. The maximum absolute atomic E-state index is 3.49. The van der Waals surface area contributed by atoms with E-state index in [1.54, 1.807) is 0 Å². The highest BCUT2D eigenvalue weighted by Crippen LogP contribution is 2.36. The highest BCUT2D eigenvalue weighted by Gasteiger charge is 2.40. The van der Waals surface area contributed by atoms with Gasteiger partial charge in [0.1, 0.15) is 0 Å². The lowest BCUT2D eigenvalue weighted by Gasteiger charge is -2.50. The molecule has 1 spiro atoms. The molecule has 0 saturated carbocycles. The smallest absolute Gasteiger partial charge is 0.00952 e. The number of nitrogens with zero attached hydrogens (tertiary/aromatic N) is 1. The lowest BCUT2D eigenvalue weighted by atomic mass is 9.73. The third-order valence-corrected chi connectivity index (χ3v) is 6.16. The fourth-order valence-electron chi connectivity index (χ4n) is 4.32. The van der Waals surface area contributed by atoms with Crippen molar-refractivity contribution in [2.45, 2.75) is 96.9 Å². The van der Waals surface area contributed by atoms with Crippen LogP contribution in [0.4, 0.5) is 0 Å². The Morgan fingerprint density at radius 2 is 1.36 bits per heavy atom. The van der Waals surface area contributed by atoms with Crippen LogP contribution in [0.25, 0.3) is 0 Å². The highest BCUT2D eigenvalue weighted by atomic mass is 15.2. The predicted octanol–water partition coefficient (Wildman–Crippen LogP) is 4.98. The second-order valence-electron chi connectivity index (χ2n) is 7.99. The Morgan fingerprint density at radius 3 is 1.91 bits per heavy atom. The summed E-state index contributed by atoms with van der Waals surface area (Å²) >= 11 is 0. The Labute approximate surface area is 139 Å². The van der Waals surface area contributed by atoms with Crippen LogP contribution < -0.4 is 5.32 Å². The molecule has 0 aliphatic carbocycles. The van der Waals surface area contributed by atoms with Crippen molar-refractivity contribution in [1.82, 2.24) is 10.2 Å². The van der Waals surface area contributed by atoms with Crippen molar-refractivity contribution >= 4 is 0 Å². The molecule has 22 heavy (non-hydrogen) atoms. The maximum atomic E-state index is 3.49. The lowest BCUT2D eigenvalue weighted by molar-refractivity contribution is 0.0295. The molecule has 1 unspecified atom stereocenters. The largest absolute Gasteiger partial charge is 0.316 e. The standard InChI is InChI=1S/C20H40N2/c1-3-5-7-8-10-12-19(11-9-6-4-2)22-15-13-20(14-16-22)17-21-18-20/h19,21H,3-18H2,1-2H3. The van der Waals surface area contributed by atoms with E-state index in [1.807, 2.05) is 0 Å². The molecule has 130 valence electrons. The Balaban J connectivity index is 1.71. The molecule has 2 heterocycles. The number of piperidine rings is 1. The zero-order chi connectivity index (χ0) is 15.7. The van der Waals surface area contributed by atoms with Gasteiger partial charge in [-0.3, -0.25) is 0 Å². The molecule has 0 amide bonds. The van der Waals surface area contributed by atoms with E-state index in [9.17, 15) is 0 Å². The van der Waals surface area contributed by atoms with E-state index >= 15 is 0 Å². The number of hydrogen-bond donors (Lipinski definition) is 1. The van der Waals surface area contributed by atoms with E-state index in [0.717, 1.165) is 6.04 Å². The molecule has 2 fully saturated rings. The first-order valence-corrected chi connectivity index (χ1v) is 10.2. The number of hydrogen-bond acceptors (Lipinski definition) is 2. The van der Waals surface area contributed by atoms with Gasteiger partial charge < -0.3 is 10.2 Å². The van der Waals surface area contributed by atoms with Crippen molar-refractivity contribution < 1.29 is 0 Å². The van der Waals surface area contributed by atoms with Crippen LogP contribution in [0.1, 0.15) is 90.9 Å². The van der Waals surface area contributed by atoms with Gasteiger partial charge in [-0.05, 0) is 44.2 Å². The van der Waals surface area contributed by atoms with Gasteiger partial charge in [0.05, 0.1) is 0 Å². The summed E-state index contributed by atoms with van der Waals surface area (Å²) in [5.41, 5.74) is 0.700. The molecule has 2 aliphatic heterocycles. The molecule has 0 aromatic carbocycles. The van der Waals surface area contributed by atoms with Crippen molar-refractivity contribution in [2.24, 2.45) is 5.41 Å². The third kappa shape index (κ3) is 5.53. The van der Waals surface area contributed by atoms with Gasteiger partial charge in [-0.2, -0.15) is 0 Å². The zero-order valence-electron chi connectivity index (χ0n) is 15.3. The van der Waals surface area contributed by atoms with Crippen molar-refractivity contribution in [2.75, 3.05) is 26.2 Å². The average molecular weight is 309 g/mol. The van der Waals surface area contributed by atoms with E-state index in [4.69, 9.17) is 0 Å². The molecule has 2 saturated heterocycles. The molecule has 2 heteroatoms. The van der Waals surface area contributed by atoms with Gasteiger partial charge >= 0.3 is 0 Å². The normalized spacial score (nSPS) is 22.6. The van der Waals surface area contributed by atoms with Crippen molar-refractivity contribution in [1.29, 1.82) is 0 Å². The molecule has 2 rings (SSSR count). The summed E-state index contributed by atoms with van der Waals surface area (Å²) in [7, 11) is 0. The van der Waals surface area contributed by atoms with Gasteiger partial charge in [-0.1, -0.05) is 65.2 Å². The van der Waals surface area contributed by atoms with Crippen molar-refractivity contribution in [3.63, 3.8) is 0 Å². The van der Waals surface area contributed by atoms with Gasteiger partial charge in [0.2, 0.25) is 0 Å². The predicted molar refractivity (Wildman–Crippen MR) is 97.4 cm³/mol. The summed E-state index contributed by atoms with van der Waals surface area (Å²) in [6, 6.07) is 0.888. The molecular formula is C20H40N2. The van der Waals surface area contributed by atoms with Crippen molar-refractivity contribution in [3.05, 3.63) is 0 Å². The summed E-state index contributed by atoms with van der Waals surface area (Å²) in [4.78, 5) is 2.86. The maximum Gasteiger partial charge on any atom is 0.00952 e. The van der Waals surface area contributed by atoms with Crippen molar-refractivity contribution in [3.8, 4) is 0 Å². The topological polar surface area (TPSA) is 15.3 Å². The molecular weight excluding hydrogens is 268 g/mol.